The first kappa shape index (κ1) is 14.7. The van der Waals surface area contributed by atoms with E-state index >= 15 is 0 Å². The first-order chi connectivity index (χ1) is 9.11. The maximum Gasteiger partial charge on any atom is 0.172 e. The highest BCUT2D eigenvalue weighted by atomic mass is 79.9. The molecule has 3 nitrogen and oxygen atoms in total. The van der Waals surface area contributed by atoms with Gasteiger partial charge in [0.15, 0.2) is 11.5 Å². The molecule has 0 radical (unpaired) electrons. The average molecular weight is 328 g/mol. The summed E-state index contributed by atoms with van der Waals surface area (Å²) in [7, 11) is 1.57. The molecule has 0 heterocycles. The molecule has 1 aromatic carbocycles. The van der Waals surface area contributed by atoms with Crippen LogP contribution in [0.4, 0.5) is 0 Å². The Morgan fingerprint density at radius 2 is 2.11 bits per heavy atom. The van der Waals surface area contributed by atoms with Crippen LogP contribution >= 0.6 is 15.9 Å². The van der Waals surface area contributed by atoms with E-state index in [9.17, 15) is 5.11 Å². The van der Waals surface area contributed by atoms with Crippen LogP contribution in [0.1, 0.15) is 38.2 Å². The highest BCUT2D eigenvalue weighted by molar-refractivity contribution is 9.10. The minimum Gasteiger partial charge on any atom is -0.503 e. The van der Waals surface area contributed by atoms with Gasteiger partial charge in [-0.15, -0.1) is 0 Å². The van der Waals surface area contributed by atoms with Gasteiger partial charge >= 0.3 is 0 Å². The lowest BCUT2D eigenvalue weighted by Gasteiger charge is -2.29. The molecule has 1 aliphatic carbocycles. The van der Waals surface area contributed by atoms with E-state index in [1.54, 1.807) is 7.11 Å². The summed E-state index contributed by atoms with van der Waals surface area (Å²) in [5, 5.41) is 13.4. The molecular formula is C15H22BrNO2. The third-order valence-electron chi connectivity index (χ3n) is 3.99. The van der Waals surface area contributed by atoms with Crippen molar-refractivity contribution in [3.8, 4) is 11.5 Å². The third-order valence-corrected chi connectivity index (χ3v) is 4.59. The molecular weight excluding hydrogens is 306 g/mol. The smallest absolute Gasteiger partial charge is 0.172 e. The van der Waals surface area contributed by atoms with Gasteiger partial charge in [0.2, 0.25) is 0 Å². The number of aromatic hydroxyl groups is 1. The second-order valence-electron chi connectivity index (χ2n) is 5.38. The lowest BCUT2D eigenvalue weighted by Crippen LogP contribution is -2.36. The molecule has 1 aromatic rings. The first-order valence-electron chi connectivity index (χ1n) is 6.90. The monoisotopic (exact) mass is 327 g/mol. The number of phenolic OH excluding ortho intramolecular Hbond substituents is 1. The Bertz CT molecular complexity index is 436. The number of rotatable bonds is 4. The van der Waals surface area contributed by atoms with Crippen LogP contribution in [0.2, 0.25) is 0 Å². The zero-order valence-corrected chi connectivity index (χ0v) is 13.2. The van der Waals surface area contributed by atoms with Crippen molar-refractivity contribution in [3.63, 3.8) is 0 Å². The van der Waals surface area contributed by atoms with E-state index in [0.29, 0.717) is 16.3 Å². The van der Waals surface area contributed by atoms with Gasteiger partial charge in [0.25, 0.3) is 0 Å². The fraction of sp³-hybridized carbons (Fsp3) is 0.600. The van der Waals surface area contributed by atoms with Crippen molar-refractivity contribution in [3.05, 3.63) is 22.2 Å². The van der Waals surface area contributed by atoms with Crippen LogP contribution in [0.5, 0.6) is 11.5 Å². The first-order valence-corrected chi connectivity index (χ1v) is 7.70. The van der Waals surface area contributed by atoms with E-state index in [1.165, 1.54) is 25.7 Å². The topological polar surface area (TPSA) is 41.5 Å². The molecule has 106 valence electrons. The Morgan fingerprint density at radius 3 is 2.79 bits per heavy atom. The Balaban J connectivity index is 2.01. The summed E-state index contributed by atoms with van der Waals surface area (Å²) in [6.45, 7) is 3.13. The molecule has 2 N–H and O–H groups in total. The van der Waals surface area contributed by atoms with Crippen molar-refractivity contribution in [1.82, 2.24) is 5.32 Å². The number of hydrogen-bond acceptors (Lipinski definition) is 3. The van der Waals surface area contributed by atoms with E-state index in [1.807, 2.05) is 12.1 Å². The Hall–Kier alpha value is -0.740. The summed E-state index contributed by atoms with van der Waals surface area (Å²) in [5.41, 5.74) is 1.12. The quantitative estimate of drug-likeness (QED) is 0.883. The zero-order chi connectivity index (χ0) is 13.8. The number of nitrogens with one attached hydrogen (secondary N) is 1. The summed E-state index contributed by atoms with van der Waals surface area (Å²) in [4.78, 5) is 0. The molecule has 0 amide bonds. The number of benzene rings is 1. The standard InChI is InChI=1S/C15H22BrNO2/c1-10-5-3-4-6-13(10)17-9-11-7-12(16)15(18)14(8-11)19-2/h7-8,10,13,17-18H,3-6,9H2,1-2H3. The highest BCUT2D eigenvalue weighted by Crippen LogP contribution is 2.35. The van der Waals surface area contributed by atoms with E-state index in [4.69, 9.17) is 4.74 Å². The molecule has 0 spiro atoms. The van der Waals surface area contributed by atoms with Crippen molar-refractivity contribution in [2.24, 2.45) is 5.92 Å². The molecule has 19 heavy (non-hydrogen) atoms. The molecule has 2 unspecified atom stereocenters. The summed E-state index contributed by atoms with van der Waals surface area (Å²) in [6, 6.07) is 4.44. The van der Waals surface area contributed by atoms with Gasteiger partial charge in [-0.3, -0.25) is 0 Å². The SMILES string of the molecule is COc1cc(CNC2CCCCC2C)cc(Br)c1O. The summed E-state index contributed by atoms with van der Waals surface area (Å²) in [5.74, 6) is 1.43. The molecule has 2 rings (SSSR count). The molecule has 4 heteroatoms. The second-order valence-corrected chi connectivity index (χ2v) is 6.23. The molecule has 0 aliphatic heterocycles. The summed E-state index contributed by atoms with van der Waals surface area (Å²) < 4.78 is 5.85. The van der Waals surface area contributed by atoms with E-state index < -0.39 is 0 Å². The van der Waals surface area contributed by atoms with Crippen molar-refractivity contribution >= 4 is 15.9 Å². The fourth-order valence-corrected chi connectivity index (χ4v) is 3.24. The van der Waals surface area contributed by atoms with Crippen molar-refractivity contribution in [2.45, 2.75) is 45.2 Å². The van der Waals surface area contributed by atoms with Gasteiger partial charge in [0.05, 0.1) is 11.6 Å². The highest BCUT2D eigenvalue weighted by Gasteiger charge is 2.20. The summed E-state index contributed by atoms with van der Waals surface area (Å²) >= 11 is 3.36. The van der Waals surface area contributed by atoms with Crippen LogP contribution in [0, 0.1) is 5.92 Å². The van der Waals surface area contributed by atoms with Crippen molar-refractivity contribution in [1.29, 1.82) is 0 Å². The second kappa shape index (κ2) is 6.62. The van der Waals surface area contributed by atoms with Gasteiger partial charge < -0.3 is 15.2 Å². The predicted octanol–water partition coefficient (Wildman–Crippen LogP) is 3.83. The lowest BCUT2D eigenvalue weighted by atomic mass is 9.86. The maximum absolute atomic E-state index is 9.79. The lowest BCUT2D eigenvalue weighted by molar-refractivity contribution is 0.279. The van der Waals surface area contributed by atoms with Crippen LogP contribution in [-0.2, 0) is 6.54 Å². The Morgan fingerprint density at radius 1 is 1.37 bits per heavy atom. The number of halogens is 1. The molecule has 0 saturated heterocycles. The number of ether oxygens (including phenoxy) is 1. The van der Waals surface area contributed by atoms with Crippen LogP contribution in [-0.4, -0.2) is 18.3 Å². The molecule has 2 atom stereocenters. The van der Waals surface area contributed by atoms with Gasteiger partial charge in [-0.2, -0.15) is 0 Å². The molecule has 0 bridgehead atoms. The predicted molar refractivity (Wildman–Crippen MR) is 80.6 cm³/mol. The zero-order valence-electron chi connectivity index (χ0n) is 11.6. The Labute approximate surface area is 123 Å². The van der Waals surface area contributed by atoms with E-state index in [0.717, 1.165) is 18.0 Å². The molecule has 1 aliphatic rings. The maximum atomic E-state index is 9.79. The average Bonchev–Trinajstić information content (AvgIpc) is 2.41. The minimum atomic E-state index is 0.164. The fourth-order valence-electron chi connectivity index (χ4n) is 2.75. The van der Waals surface area contributed by atoms with Crippen molar-refractivity contribution in [2.75, 3.05) is 7.11 Å². The van der Waals surface area contributed by atoms with Gasteiger partial charge in [-0.25, -0.2) is 0 Å². The van der Waals surface area contributed by atoms with Gasteiger partial charge in [-0.05, 0) is 52.4 Å². The van der Waals surface area contributed by atoms with Crippen LogP contribution in [0.25, 0.3) is 0 Å². The summed E-state index contributed by atoms with van der Waals surface area (Å²) in [6.07, 6.45) is 5.26. The van der Waals surface area contributed by atoms with Gasteiger partial charge in [-0.1, -0.05) is 19.8 Å². The third kappa shape index (κ3) is 3.63. The molecule has 1 saturated carbocycles. The number of phenols is 1. The largest absolute Gasteiger partial charge is 0.503 e. The molecule has 1 fully saturated rings. The van der Waals surface area contributed by atoms with Crippen molar-refractivity contribution < 1.29 is 9.84 Å². The molecule has 0 aromatic heterocycles. The van der Waals surface area contributed by atoms with Gasteiger partial charge in [0, 0.05) is 12.6 Å². The van der Waals surface area contributed by atoms with Crippen LogP contribution in [0.3, 0.4) is 0 Å². The minimum absolute atomic E-state index is 0.164. The van der Waals surface area contributed by atoms with E-state index in [2.05, 4.69) is 28.2 Å². The van der Waals surface area contributed by atoms with Gasteiger partial charge in [0.1, 0.15) is 0 Å². The van der Waals surface area contributed by atoms with Crippen LogP contribution in [0.15, 0.2) is 16.6 Å². The normalized spacial score (nSPS) is 23.3. The number of methoxy groups -OCH3 is 1. The Kier molecular flexibility index (Phi) is 5.11. The van der Waals surface area contributed by atoms with E-state index in [-0.39, 0.29) is 5.75 Å². The number of hydrogen-bond donors (Lipinski definition) is 2. The van der Waals surface area contributed by atoms with Crippen LogP contribution < -0.4 is 10.1 Å².